The van der Waals surface area contributed by atoms with Gasteiger partial charge in [0.15, 0.2) is 0 Å². The first kappa shape index (κ1) is 10.7. The van der Waals surface area contributed by atoms with E-state index in [0.29, 0.717) is 24.6 Å². The Morgan fingerprint density at radius 1 is 1.53 bits per heavy atom. The molecule has 1 aliphatic heterocycles. The van der Waals surface area contributed by atoms with Crippen LogP contribution >= 0.6 is 11.6 Å². The summed E-state index contributed by atoms with van der Waals surface area (Å²) in [5, 5.41) is 7.58. The molecular weight excluding hydrogens is 218 g/mol. The van der Waals surface area contributed by atoms with Gasteiger partial charge in [0.1, 0.15) is 5.38 Å². The maximum absolute atomic E-state index is 5.84. The zero-order valence-electron chi connectivity index (χ0n) is 8.81. The number of ether oxygens (including phenoxy) is 1. The van der Waals surface area contributed by atoms with Crippen molar-refractivity contribution in [2.24, 2.45) is 0 Å². The monoisotopic (exact) mass is 231 g/mol. The molecule has 2 unspecified atom stereocenters. The Morgan fingerprint density at radius 3 is 2.87 bits per heavy atom. The molecule has 2 heterocycles. The van der Waals surface area contributed by atoms with Crippen LogP contribution in [0.3, 0.4) is 0 Å². The summed E-state index contributed by atoms with van der Waals surface area (Å²) in [4.78, 5) is 1.95. The maximum atomic E-state index is 5.84. The zero-order chi connectivity index (χ0) is 10.8. The van der Waals surface area contributed by atoms with Gasteiger partial charge in [-0.05, 0) is 13.3 Å². The van der Waals surface area contributed by atoms with E-state index in [1.165, 1.54) is 0 Å². The average Bonchev–Trinajstić information content (AvgIpc) is 2.88. The minimum Gasteiger partial charge on any atom is -0.406 e. The molecule has 0 aliphatic carbocycles. The van der Waals surface area contributed by atoms with Gasteiger partial charge in [-0.25, -0.2) is 0 Å². The van der Waals surface area contributed by atoms with E-state index in [-0.39, 0.29) is 5.38 Å². The van der Waals surface area contributed by atoms with E-state index in [2.05, 4.69) is 10.2 Å². The number of likely N-dealkylation sites (N-methyl/N-ethyl adjacent to an activating group) is 1. The molecular formula is C9H14ClN3O2. The topological polar surface area (TPSA) is 51.4 Å². The standard InChI is InChI=1S/C9H14ClN3O2/c1-6(10)8-11-12-9(15-8)13(2)7-3-4-14-5-7/h6-7H,3-5H2,1-2H3. The molecule has 0 amide bonds. The Morgan fingerprint density at radius 2 is 2.33 bits per heavy atom. The van der Waals surface area contributed by atoms with Crippen LogP contribution in [0, 0.1) is 0 Å². The van der Waals surface area contributed by atoms with Crippen molar-refractivity contribution in [3.05, 3.63) is 5.89 Å². The molecule has 5 nitrogen and oxygen atoms in total. The fourth-order valence-corrected chi connectivity index (χ4v) is 1.60. The highest BCUT2D eigenvalue weighted by Gasteiger charge is 2.24. The molecule has 6 heteroatoms. The van der Waals surface area contributed by atoms with Crippen molar-refractivity contribution in [3.8, 4) is 0 Å². The van der Waals surface area contributed by atoms with E-state index in [4.69, 9.17) is 20.8 Å². The van der Waals surface area contributed by atoms with Crippen LogP contribution in [0.2, 0.25) is 0 Å². The Bertz CT molecular complexity index is 323. The second-order valence-corrected chi connectivity index (χ2v) is 4.32. The van der Waals surface area contributed by atoms with E-state index in [0.717, 1.165) is 13.0 Å². The third-order valence-electron chi connectivity index (χ3n) is 2.53. The normalized spacial score (nSPS) is 23.0. The molecule has 1 fully saturated rings. The van der Waals surface area contributed by atoms with Crippen LogP contribution in [-0.4, -0.2) is 36.5 Å². The van der Waals surface area contributed by atoms with Crippen LogP contribution in [0.5, 0.6) is 0 Å². The summed E-state index contributed by atoms with van der Waals surface area (Å²) in [6.07, 6.45) is 0.991. The number of hydrogen-bond donors (Lipinski definition) is 0. The van der Waals surface area contributed by atoms with Gasteiger partial charge in [-0.2, -0.15) is 0 Å². The quantitative estimate of drug-likeness (QED) is 0.740. The summed E-state index contributed by atoms with van der Waals surface area (Å²) in [6, 6.07) is 0.830. The molecule has 1 aromatic heterocycles. The number of alkyl halides is 1. The Balaban J connectivity index is 2.07. The van der Waals surface area contributed by atoms with Crippen molar-refractivity contribution >= 4 is 17.6 Å². The van der Waals surface area contributed by atoms with Gasteiger partial charge >= 0.3 is 6.01 Å². The average molecular weight is 232 g/mol. The molecule has 2 atom stereocenters. The van der Waals surface area contributed by atoms with Crippen molar-refractivity contribution in [3.63, 3.8) is 0 Å². The smallest absolute Gasteiger partial charge is 0.318 e. The Kier molecular flexibility index (Phi) is 3.11. The van der Waals surface area contributed by atoms with Gasteiger partial charge in [-0.1, -0.05) is 5.10 Å². The van der Waals surface area contributed by atoms with Crippen molar-refractivity contribution < 1.29 is 9.15 Å². The Hall–Kier alpha value is -0.810. The van der Waals surface area contributed by atoms with Gasteiger partial charge < -0.3 is 14.1 Å². The van der Waals surface area contributed by atoms with Crippen LogP contribution in [0.4, 0.5) is 6.01 Å². The van der Waals surface area contributed by atoms with Gasteiger partial charge in [0.25, 0.3) is 0 Å². The number of aromatic nitrogens is 2. The zero-order valence-corrected chi connectivity index (χ0v) is 9.57. The van der Waals surface area contributed by atoms with Crippen LogP contribution in [0.25, 0.3) is 0 Å². The summed E-state index contributed by atoms with van der Waals surface area (Å²) in [5.74, 6) is 0.456. The number of anilines is 1. The van der Waals surface area contributed by atoms with Crippen LogP contribution in [0.15, 0.2) is 4.42 Å². The highest BCUT2D eigenvalue weighted by molar-refractivity contribution is 6.20. The number of hydrogen-bond acceptors (Lipinski definition) is 5. The van der Waals surface area contributed by atoms with Crippen molar-refractivity contribution in [1.29, 1.82) is 0 Å². The van der Waals surface area contributed by atoms with Crippen molar-refractivity contribution in [2.75, 3.05) is 25.2 Å². The largest absolute Gasteiger partial charge is 0.406 e. The van der Waals surface area contributed by atoms with Gasteiger partial charge in [-0.15, -0.1) is 16.7 Å². The highest BCUT2D eigenvalue weighted by Crippen LogP contribution is 2.23. The molecule has 1 aliphatic rings. The molecule has 1 aromatic rings. The van der Waals surface area contributed by atoms with Gasteiger partial charge in [0, 0.05) is 13.7 Å². The number of rotatable bonds is 3. The maximum Gasteiger partial charge on any atom is 0.318 e. The number of nitrogens with zero attached hydrogens (tertiary/aromatic N) is 3. The van der Waals surface area contributed by atoms with Crippen LogP contribution in [0.1, 0.15) is 24.6 Å². The molecule has 15 heavy (non-hydrogen) atoms. The first-order chi connectivity index (χ1) is 7.18. The summed E-state index contributed by atoms with van der Waals surface area (Å²) in [7, 11) is 1.93. The fourth-order valence-electron chi connectivity index (χ4n) is 1.51. The summed E-state index contributed by atoms with van der Waals surface area (Å²) >= 11 is 5.84. The Labute approximate surface area is 93.4 Å². The third-order valence-corrected chi connectivity index (χ3v) is 2.71. The summed E-state index contributed by atoms with van der Waals surface area (Å²) < 4.78 is 10.7. The lowest BCUT2D eigenvalue weighted by Crippen LogP contribution is -2.31. The van der Waals surface area contributed by atoms with Crippen molar-refractivity contribution in [1.82, 2.24) is 10.2 Å². The van der Waals surface area contributed by atoms with E-state index in [1.54, 1.807) is 6.92 Å². The van der Waals surface area contributed by atoms with Crippen molar-refractivity contribution in [2.45, 2.75) is 24.8 Å². The first-order valence-electron chi connectivity index (χ1n) is 4.96. The minimum absolute atomic E-state index is 0.250. The summed E-state index contributed by atoms with van der Waals surface area (Å²) in [6.45, 7) is 3.31. The third kappa shape index (κ3) is 2.23. The molecule has 1 saturated heterocycles. The van der Waals surface area contributed by atoms with Crippen LogP contribution in [-0.2, 0) is 4.74 Å². The minimum atomic E-state index is -0.250. The predicted molar refractivity (Wildman–Crippen MR) is 56.2 cm³/mol. The lowest BCUT2D eigenvalue weighted by atomic mass is 10.2. The number of halogens is 1. The second kappa shape index (κ2) is 4.37. The molecule has 0 aromatic carbocycles. The van der Waals surface area contributed by atoms with E-state index in [9.17, 15) is 0 Å². The molecule has 2 rings (SSSR count). The summed E-state index contributed by atoms with van der Waals surface area (Å²) in [5.41, 5.74) is 0. The fraction of sp³-hybridized carbons (Fsp3) is 0.778. The molecule has 0 radical (unpaired) electrons. The van der Waals surface area contributed by atoms with E-state index in [1.807, 2.05) is 11.9 Å². The molecule has 0 bridgehead atoms. The SMILES string of the molecule is CC(Cl)c1nnc(N(C)C2CCOC2)o1. The molecule has 84 valence electrons. The van der Waals surface area contributed by atoms with Gasteiger partial charge in [-0.3, -0.25) is 0 Å². The first-order valence-corrected chi connectivity index (χ1v) is 5.40. The predicted octanol–water partition coefficient (Wildman–Crippen LogP) is 1.59. The lowest BCUT2D eigenvalue weighted by molar-refractivity contribution is 0.193. The second-order valence-electron chi connectivity index (χ2n) is 3.67. The van der Waals surface area contributed by atoms with E-state index >= 15 is 0 Å². The lowest BCUT2D eigenvalue weighted by Gasteiger charge is -2.19. The molecule has 0 saturated carbocycles. The van der Waals surface area contributed by atoms with Gasteiger partial charge in [0.05, 0.1) is 12.6 Å². The van der Waals surface area contributed by atoms with Gasteiger partial charge in [0.2, 0.25) is 5.89 Å². The highest BCUT2D eigenvalue weighted by atomic mass is 35.5. The molecule has 0 spiro atoms. The van der Waals surface area contributed by atoms with E-state index < -0.39 is 0 Å². The molecule has 0 N–H and O–H groups in total. The van der Waals surface area contributed by atoms with Crippen LogP contribution < -0.4 is 4.90 Å².